The van der Waals surface area contributed by atoms with Gasteiger partial charge in [0.2, 0.25) is 5.91 Å². The quantitative estimate of drug-likeness (QED) is 0.885. The largest absolute Gasteiger partial charge is 0.351 e. The zero-order valence-electron chi connectivity index (χ0n) is 12.8. The van der Waals surface area contributed by atoms with E-state index in [2.05, 4.69) is 55.7 Å². The first kappa shape index (κ1) is 15.0. The lowest BCUT2D eigenvalue weighted by atomic mass is 9.90. The predicted octanol–water partition coefficient (Wildman–Crippen LogP) is 2.43. The maximum Gasteiger partial charge on any atom is 0.223 e. The van der Waals surface area contributed by atoms with Crippen molar-refractivity contribution in [1.82, 2.24) is 10.6 Å². The smallest absolute Gasteiger partial charge is 0.223 e. The molecule has 110 valence electrons. The fourth-order valence-electron chi connectivity index (χ4n) is 2.85. The van der Waals surface area contributed by atoms with E-state index in [1.165, 1.54) is 11.1 Å². The van der Waals surface area contributed by atoms with Gasteiger partial charge in [-0.05, 0) is 64.3 Å². The molecule has 1 amide bonds. The van der Waals surface area contributed by atoms with Crippen LogP contribution in [-0.4, -0.2) is 24.5 Å². The van der Waals surface area contributed by atoms with Gasteiger partial charge in [0, 0.05) is 11.5 Å². The molecule has 0 bridgehead atoms. The van der Waals surface area contributed by atoms with Gasteiger partial charge >= 0.3 is 0 Å². The van der Waals surface area contributed by atoms with E-state index in [0.29, 0.717) is 0 Å². The highest BCUT2D eigenvalue weighted by Crippen LogP contribution is 2.18. The maximum atomic E-state index is 12.3. The number of piperidine rings is 1. The topological polar surface area (TPSA) is 41.1 Å². The van der Waals surface area contributed by atoms with Crippen LogP contribution in [0.25, 0.3) is 0 Å². The number of amides is 1. The summed E-state index contributed by atoms with van der Waals surface area (Å²) in [5, 5.41) is 6.53. The zero-order valence-corrected chi connectivity index (χ0v) is 12.8. The minimum Gasteiger partial charge on any atom is -0.351 e. The first-order valence-electron chi connectivity index (χ1n) is 7.55. The number of benzene rings is 1. The minimum absolute atomic E-state index is 0.174. The lowest BCUT2D eigenvalue weighted by molar-refractivity contribution is -0.127. The standard InChI is InChI=1S/C17H26N2O/c1-13-6-4-5-7-15(13)12-17(2,3)19-16(20)14-8-10-18-11-9-14/h4-7,14,18H,8-12H2,1-3H3,(H,19,20). The Hall–Kier alpha value is -1.35. The highest BCUT2D eigenvalue weighted by Gasteiger charge is 2.27. The molecule has 2 N–H and O–H groups in total. The summed E-state index contributed by atoms with van der Waals surface area (Å²) in [4.78, 5) is 12.3. The molecule has 3 heteroatoms. The molecule has 1 heterocycles. The molecule has 0 atom stereocenters. The second-order valence-corrected chi connectivity index (χ2v) is 6.50. The highest BCUT2D eigenvalue weighted by atomic mass is 16.2. The highest BCUT2D eigenvalue weighted by molar-refractivity contribution is 5.79. The molecular formula is C17H26N2O. The fraction of sp³-hybridized carbons (Fsp3) is 0.588. The van der Waals surface area contributed by atoms with E-state index < -0.39 is 0 Å². The predicted molar refractivity (Wildman–Crippen MR) is 82.7 cm³/mol. The van der Waals surface area contributed by atoms with Gasteiger partial charge in [-0.2, -0.15) is 0 Å². The van der Waals surface area contributed by atoms with Gasteiger partial charge < -0.3 is 10.6 Å². The Balaban J connectivity index is 1.96. The van der Waals surface area contributed by atoms with E-state index in [1.807, 2.05) is 0 Å². The van der Waals surface area contributed by atoms with Crippen molar-refractivity contribution in [2.24, 2.45) is 5.92 Å². The third kappa shape index (κ3) is 4.07. The van der Waals surface area contributed by atoms with Crippen molar-refractivity contribution >= 4 is 5.91 Å². The normalized spacial score (nSPS) is 16.9. The van der Waals surface area contributed by atoms with Gasteiger partial charge in [0.1, 0.15) is 0 Å². The van der Waals surface area contributed by atoms with Gasteiger partial charge in [-0.3, -0.25) is 4.79 Å². The Kier molecular flexibility index (Phi) is 4.81. The van der Waals surface area contributed by atoms with Crippen molar-refractivity contribution in [2.75, 3.05) is 13.1 Å². The van der Waals surface area contributed by atoms with Crippen LogP contribution in [0.1, 0.15) is 37.8 Å². The molecule has 1 fully saturated rings. The van der Waals surface area contributed by atoms with Gasteiger partial charge in [-0.15, -0.1) is 0 Å². The SMILES string of the molecule is Cc1ccccc1CC(C)(C)NC(=O)C1CCNCC1. The molecule has 0 saturated carbocycles. The summed E-state index contributed by atoms with van der Waals surface area (Å²) in [7, 11) is 0. The molecule has 1 saturated heterocycles. The molecule has 0 unspecified atom stereocenters. The molecule has 0 aliphatic carbocycles. The monoisotopic (exact) mass is 274 g/mol. The maximum absolute atomic E-state index is 12.3. The molecule has 1 aliphatic rings. The third-order valence-corrected chi connectivity index (χ3v) is 4.07. The first-order valence-corrected chi connectivity index (χ1v) is 7.55. The molecule has 1 aromatic carbocycles. The lowest BCUT2D eigenvalue weighted by Gasteiger charge is -2.31. The molecule has 0 spiro atoms. The third-order valence-electron chi connectivity index (χ3n) is 4.07. The van der Waals surface area contributed by atoms with Crippen LogP contribution >= 0.6 is 0 Å². The molecule has 1 aromatic rings. The Morgan fingerprint density at radius 2 is 1.95 bits per heavy atom. The number of aryl methyl sites for hydroxylation is 1. The van der Waals surface area contributed by atoms with Crippen LogP contribution in [0, 0.1) is 12.8 Å². The number of nitrogens with one attached hydrogen (secondary N) is 2. The Morgan fingerprint density at radius 3 is 2.60 bits per heavy atom. The van der Waals surface area contributed by atoms with E-state index in [0.717, 1.165) is 32.4 Å². The molecular weight excluding hydrogens is 248 g/mol. The van der Waals surface area contributed by atoms with Crippen molar-refractivity contribution in [3.63, 3.8) is 0 Å². The average molecular weight is 274 g/mol. The Bertz CT molecular complexity index is 462. The van der Waals surface area contributed by atoms with Gasteiger partial charge in [-0.1, -0.05) is 24.3 Å². The van der Waals surface area contributed by atoms with Gasteiger partial charge in [-0.25, -0.2) is 0 Å². The number of carbonyl (C=O) groups excluding carboxylic acids is 1. The van der Waals surface area contributed by atoms with Crippen molar-refractivity contribution in [2.45, 2.75) is 45.6 Å². The van der Waals surface area contributed by atoms with E-state index in [9.17, 15) is 4.79 Å². The van der Waals surface area contributed by atoms with Crippen LogP contribution < -0.4 is 10.6 Å². The van der Waals surface area contributed by atoms with Crippen LogP contribution in [0.4, 0.5) is 0 Å². The van der Waals surface area contributed by atoms with Crippen molar-refractivity contribution in [3.05, 3.63) is 35.4 Å². The number of hydrogen-bond donors (Lipinski definition) is 2. The van der Waals surface area contributed by atoms with Gasteiger partial charge in [0.25, 0.3) is 0 Å². The van der Waals surface area contributed by atoms with Crippen molar-refractivity contribution < 1.29 is 4.79 Å². The summed E-state index contributed by atoms with van der Waals surface area (Å²) in [5.41, 5.74) is 2.40. The van der Waals surface area contributed by atoms with E-state index in [4.69, 9.17) is 0 Å². The minimum atomic E-state index is -0.200. The Labute approximate surface area is 122 Å². The van der Waals surface area contributed by atoms with E-state index in [1.54, 1.807) is 0 Å². The molecule has 2 rings (SSSR count). The van der Waals surface area contributed by atoms with Crippen molar-refractivity contribution in [3.8, 4) is 0 Å². The summed E-state index contributed by atoms with van der Waals surface area (Å²) in [6.07, 6.45) is 2.77. The molecule has 1 aliphatic heterocycles. The summed E-state index contributed by atoms with van der Waals surface area (Å²) in [6, 6.07) is 8.39. The fourth-order valence-corrected chi connectivity index (χ4v) is 2.85. The average Bonchev–Trinajstić information content (AvgIpc) is 2.41. The van der Waals surface area contributed by atoms with Gasteiger partial charge in [0.15, 0.2) is 0 Å². The summed E-state index contributed by atoms with van der Waals surface area (Å²) in [6.45, 7) is 8.25. The van der Waals surface area contributed by atoms with E-state index in [-0.39, 0.29) is 17.4 Å². The second-order valence-electron chi connectivity index (χ2n) is 6.50. The number of rotatable bonds is 4. The second kappa shape index (κ2) is 6.40. The first-order chi connectivity index (χ1) is 9.48. The molecule has 0 aromatic heterocycles. The summed E-state index contributed by atoms with van der Waals surface area (Å²) >= 11 is 0. The van der Waals surface area contributed by atoms with Crippen molar-refractivity contribution in [1.29, 1.82) is 0 Å². The number of carbonyl (C=O) groups is 1. The van der Waals surface area contributed by atoms with Crippen LogP contribution in [-0.2, 0) is 11.2 Å². The van der Waals surface area contributed by atoms with Crippen LogP contribution in [0.3, 0.4) is 0 Å². The summed E-state index contributed by atoms with van der Waals surface area (Å²) < 4.78 is 0. The lowest BCUT2D eigenvalue weighted by Crippen LogP contribution is -2.49. The van der Waals surface area contributed by atoms with E-state index >= 15 is 0 Å². The molecule has 0 radical (unpaired) electrons. The Morgan fingerprint density at radius 1 is 1.30 bits per heavy atom. The van der Waals surface area contributed by atoms with Crippen LogP contribution in [0.2, 0.25) is 0 Å². The molecule has 20 heavy (non-hydrogen) atoms. The molecule has 3 nitrogen and oxygen atoms in total. The van der Waals surface area contributed by atoms with Crippen LogP contribution in [0.5, 0.6) is 0 Å². The zero-order chi connectivity index (χ0) is 14.6. The number of hydrogen-bond acceptors (Lipinski definition) is 2. The van der Waals surface area contributed by atoms with Gasteiger partial charge in [0.05, 0.1) is 0 Å². The summed E-state index contributed by atoms with van der Waals surface area (Å²) in [5.74, 6) is 0.387. The van der Waals surface area contributed by atoms with Crippen LogP contribution in [0.15, 0.2) is 24.3 Å².